The van der Waals surface area contributed by atoms with Crippen molar-refractivity contribution in [3.05, 3.63) is 54.1 Å². The fraction of sp³-hybridized carbons (Fsp3) is 0.211. The summed E-state index contributed by atoms with van der Waals surface area (Å²) in [5.41, 5.74) is 3.44. The molecule has 0 aliphatic carbocycles. The smallest absolute Gasteiger partial charge is 0.233 e. The van der Waals surface area contributed by atoms with Crippen LogP contribution in [0.1, 0.15) is 24.8 Å². The minimum atomic E-state index is -0.145. The van der Waals surface area contributed by atoms with Crippen molar-refractivity contribution in [1.29, 1.82) is 0 Å². The molecule has 1 aliphatic heterocycles. The van der Waals surface area contributed by atoms with Gasteiger partial charge in [0, 0.05) is 24.2 Å². The molecule has 0 atom stereocenters. The Morgan fingerprint density at radius 1 is 0.960 bits per heavy atom. The highest BCUT2D eigenvalue weighted by Gasteiger charge is 2.27. The molecular weight excluding hydrogens is 334 g/mol. The lowest BCUT2D eigenvalue weighted by Crippen LogP contribution is -2.40. The lowest BCUT2D eigenvalue weighted by Gasteiger charge is -2.25. The van der Waals surface area contributed by atoms with Crippen LogP contribution in [0, 0.1) is 6.92 Å². The van der Waals surface area contributed by atoms with E-state index < -0.39 is 0 Å². The molecule has 25 heavy (non-hydrogen) atoms. The van der Waals surface area contributed by atoms with Gasteiger partial charge in [-0.25, -0.2) is 0 Å². The van der Waals surface area contributed by atoms with Gasteiger partial charge in [-0.3, -0.25) is 14.5 Å². The van der Waals surface area contributed by atoms with E-state index in [4.69, 9.17) is 12.2 Å². The molecule has 2 amide bonds. The molecule has 2 N–H and O–H groups in total. The zero-order valence-corrected chi connectivity index (χ0v) is 14.7. The SMILES string of the molecule is Cc1cccc(NC(=S)Nc2ccc(N3C(=O)CCCC3=O)cc2)c1. The van der Waals surface area contributed by atoms with Crippen LogP contribution in [0.25, 0.3) is 0 Å². The third kappa shape index (κ3) is 4.22. The number of aryl methyl sites for hydroxylation is 1. The van der Waals surface area contributed by atoms with Crippen LogP contribution in [0.5, 0.6) is 0 Å². The number of benzene rings is 2. The number of nitrogens with one attached hydrogen (secondary N) is 2. The third-order valence-electron chi connectivity index (χ3n) is 3.94. The molecule has 1 fully saturated rings. The predicted octanol–water partition coefficient (Wildman–Crippen LogP) is 3.85. The van der Waals surface area contributed by atoms with Crippen molar-refractivity contribution in [2.45, 2.75) is 26.2 Å². The first-order valence-electron chi connectivity index (χ1n) is 8.13. The summed E-state index contributed by atoms with van der Waals surface area (Å²) in [4.78, 5) is 25.2. The van der Waals surface area contributed by atoms with Gasteiger partial charge in [0.05, 0.1) is 5.69 Å². The van der Waals surface area contributed by atoms with Crippen LogP contribution in [0.3, 0.4) is 0 Å². The highest BCUT2D eigenvalue weighted by Crippen LogP contribution is 2.23. The molecule has 0 aromatic heterocycles. The Morgan fingerprint density at radius 2 is 1.60 bits per heavy atom. The van der Waals surface area contributed by atoms with Crippen LogP contribution in [-0.4, -0.2) is 16.9 Å². The van der Waals surface area contributed by atoms with Crippen molar-refractivity contribution in [2.75, 3.05) is 15.5 Å². The zero-order chi connectivity index (χ0) is 17.8. The summed E-state index contributed by atoms with van der Waals surface area (Å²) >= 11 is 5.32. The minimum Gasteiger partial charge on any atom is -0.332 e. The number of thiocarbonyl (C=S) groups is 1. The second-order valence-electron chi connectivity index (χ2n) is 5.97. The summed E-state index contributed by atoms with van der Waals surface area (Å²) in [6, 6.07) is 15.0. The van der Waals surface area contributed by atoms with Gasteiger partial charge in [0.15, 0.2) is 5.11 Å². The number of nitrogens with zero attached hydrogens (tertiary/aromatic N) is 1. The van der Waals surface area contributed by atoms with Crippen LogP contribution in [-0.2, 0) is 9.59 Å². The fourth-order valence-corrected chi connectivity index (χ4v) is 2.99. The number of anilines is 3. The van der Waals surface area contributed by atoms with Crippen molar-refractivity contribution in [3.8, 4) is 0 Å². The molecule has 128 valence electrons. The topological polar surface area (TPSA) is 61.4 Å². The predicted molar refractivity (Wildman–Crippen MR) is 104 cm³/mol. The Hall–Kier alpha value is -2.73. The zero-order valence-electron chi connectivity index (χ0n) is 13.9. The Balaban J connectivity index is 1.65. The second kappa shape index (κ2) is 7.44. The molecule has 0 radical (unpaired) electrons. The molecule has 2 aromatic carbocycles. The number of imide groups is 1. The second-order valence-corrected chi connectivity index (χ2v) is 6.38. The van der Waals surface area contributed by atoms with E-state index in [1.165, 1.54) is 4.90 Å². The van der Waals surface area contributed by atoms with Gasteiger partial charge >= 0.3 is 0 Å². The number of carbonyl (C=O) groups is 2. The molecule has 1 heterocycles. The molecule has 0 unspecified atom stereocenters. The first-order valence-corrected chi connectivity index (χ1v) is 8.54. The molecule has 0 bridgehead atoms. The van der Waals surface area contributed by atoms with Gasteiger partial charge in [-0.05, 0) is 67.5 Å². The largest absolute Gasteiger partial charge is 0.332 e. The van der Waals surface area contributed by atoms with Gasteiger partial charge in [-0.15, -0.1) is 0 Å². The molecule has 0 spiro atoms. The maximum atomic E-state index is 12.0. The molecule has 6 heteroatoms. The van der Waals surface area contributed by atoms with Crippen LogP contribution in [0.2, 0.25) is 0 Å². The average Bonchev–Trinajstić information content (AvgIpc) is 2.56. The normalized spacial score (nSPS) is 14.4. The lowest BCUT2D eigenvalue weighted by atomic mass is 10.1. The van der Waals surface area contributed by atoms with E-state index in [-0.39, 0.29) is 11.8 Å². The van der Waals surface area contributed by atoms with E-state index >= 15 is 0 Å². The lowest BCUT2D eigenvalue weighted by molar-refractivity contribution is -0.129. The molecule has 2 aromatic rings. The van der Waals surface area contributed by atoms with Gasteiger partial charge in [0.25, 0.3) is 0 Å². The van der Waals surface area contributed by atoms with E-state index in [2.05, 4.69) is 10.6 Å². The first kappa shape index (κ1) is 17.1. The molecule has 1 saturated heterocycles. The summed E-state index contributed by atoms with van der Waals surface area (Å²) in [6.07, 6.45) is 1.46. The highest BCUT2D eigenvalue weighted by molar-refractivity contribution is 7.80. The molecule has 1 aliphatic rings. The van der Waals surface area contributed by atoms with E-state index in [1.54, 1.807) is 24.3 Å². The summed E-state index contributed by atoms with van der Waals surface area (Å²) in [7, 11) is 0. The number of hydrogen-bond acceptors (Lipinski definition) is 3. The van der Waals surface area contributed by atoms with E-state index in [1.807, 2.05) is 31.2 Å². The standard InChI is InChI=1S/C19H19N3O2S/c1-13-4-2-5-15(12-13)21-19(25)20-14-8-10-16(11-9-14)22-17(23)6-3-7-18(22)24/h2,4-5,8-12H,3,6-7H2,1H3,(H2,20,21,25). The third-order valence-corrected chi connectivity index (χ3v) is 4.14. The Kier molecular flexibility index (Phi) is 5.09. The van der Waals surface area contributed by atoms with Gasteiger partial charge in [0.2, 0.25) is 11.8 Å². The van der Waals surface area contributed by atoms with Crippen molar-refractivity contribution in [1.82, 2.24) is 0 Å². The van der Waals surface area contributed by atoms with Gasteiger partial charge in [-0.1, -0.05) is 12.1 Å². The van der Waals surface area contributed by atoms with Crippen LogP contribution >= 0.6 is 12.2 Å². The molecule has 3 rings (SSSR count). The Morgan fingerprint density at radius 3 is 2.24 bits per heavy atom. The number of hydrogen-bond donors (Lipinski definition) is 2. The van der Waals surface area contributed by atoms with Gasteiger partial charge in [0.1, 0.15) is 0 Å². The Labute approximate surface area is 152 Å². The number of piperidine rings is 1. The van der Waals surface area contributed by atoms with E-state index in [0.29, 0.717) is 30.1 Å². The average molecular weight is 353 g/mol. The van der Waals surface area contributed by atoms with Crippen molar-refractivity contribution in [2.24, 2.45) is 0 Å². The van der Waals surface area contributed by atoms with Crippen LogP contribution in [0.4, 0.5) is 17.1 Å². The summed E-state index contributed by atoms with van der Waals surface area (Å²) in [6.45, 7) is 2.02. The van der Waals surface area contributed by atoms with Gasteiger partial charge in [-0.2, -0.15) is 0 Å². The van der Waals surface area contributed by atoms with E-state index in [9.17, 15) is 9.59 Å². The fourth-order valence-electron chi connectivity index (χ4n) is 2.75. The van der Waals surface area contributed by atoms with Gasteiger partial charge < -0.3 is 10.6 Å². The molecule has 5 nitrogen and oxygen atoms in total. The van der Waals surface area contributed by atoms with E-state index in [0.717, 1.165) is 16.9 Å². The first-order chi connectivity index (χ1) is 12.0. The maximum absolute atomic E-state index is 12.0. The molecule has 0 saturated carbocycles. The van der Waals surface area contributed by atoms with Crippen molar-refractivity contribution in [3.63, 3.8) is 0 Å². The quantitative estimate of drug-likeness (QED) is 0.648. The Bertz CT molecular complexity index is 802. The summed E-state index contributed by atoms with van der Waals surface area (Å²) in [5.74, 6) is -0.290. The minimum absolute atomic E-state index is 0.145. The molecular formula is C19H19N3O2S. The maximum Gasteiger partial charge on any atom is 0.233 e. The number of carbonyl (C=O) groups excluding carboxylic acids is 2. The van der Waals surface area contributed by atoms with Crippen molar-refractivity contribution >= 4 is 46.2 Å². The van der Waals surface area contributed by atoms with Crippen molar-refractivity contribution < 1.29 is 9.59 Å². The monoisotopic (exact) mass is 353 g/mol. The highest BCUT2D eigenvalue weighted by atomic mass is 32.1. The summed E-state index contributed by atoms with van der Waals surface area (Å²) in [5, 5.41) is 6.69. The van der Waals surface area contributed by atoms with Crippen LogP contribution in [0.15, 0.2) is 48.5 Å². The number of amides is 2. The van der Waals surface area contributed by atoms with Crippen LogP contribution < -0.4 is 15.5 Å². The number of rotatable bonds is 3. The summed E-state index contributed by atoms with van der Waals surface area (Å²) < 4.78 is 0.